The van der Waals surface area contributed by atoms with Gasteiger partial charge in [-0.3, -0.25) is 4.79 Å². The lowest BCUT2D eigenvalue weighted by molar-refractivity contribution is -0.147. The zero-order chi connectivity index (χ0) is 14.4. The second kappa shape index (κ2) is 6.91. The molecule has 1 fully saturated rings. The Bertz CT molecular complexity index is 462. The van der Waals surface area contributed by atoms with Gasteiger partial charge in [0, 0.05) is 12.6 Å². The van der Waals surface area contributed by atoms with E-state index in [1.54, 1.807) is 0 Å². The highest BCUT2D eigenvalue weighted by Crippen LogP contribution is 2.15. The van der Waals surface area contributed by atoms with Crippen LogP contribution < -0.4 is 5.32 Å². The molecule has 2 N–H and O–H groups in total. The van der Waals surface area contributed by atoms with Crippen LogP contribution in [0, 0.1) is 5.92 Å². The number of nitrogens with one attached hydrogen (secondary N) is 1. The van der Waals surface area contributed by atoms with Crippen molar-refractivity contribution in [1.82, 2.24) is 5.32 Å². The van der Waals surface area contributed by atoms with Crippen LogP contribution in [0.25, 0.3) is 0 Å². The third-order valence-corrected chi connectivity index (χ3v) is 3.19. The van der Waals surface area contributed by atoms with Crippen molar-refractivity contribution < 1.29 is 24.2 Å². The third kappa shape index (κ3) is 3.96. The maximum Gasteiger partial charge on any atom is 0.407 e. The Kier molecular flexibility index (Phi) is 4.95. The standard InChI is InChI=1S/C14H17NO5/c16-13(17)11-9-19-7-6-12(11)15-14(18)20-8-10-4-2-1-3-5-10/h1-5,11-12H,6-9H2,(H,15,18)(H,16,17)/t11-,12+/m1/s1. The molecule has 1 saturated heterocycles. The quantitative estimate of drug-likeness (QED) is 0.870. The van der Waals surface area contributed by atoms with Gasteiger partial charge in [0.15, 0.2) is 0 Å². The average Bonchev–Trinajstić information content (AvgIpc) is 2.46. The minimum absolute atomic E-state index is 0.110. The van der Waals surface area contributed by atoms with Crippen LogP contribution in [0.4, 0.5) is 4.79 Å². The minimum atomic E-state index is -0.974. The summed E-state index contributed by atoms with van der Waals surface area (Å²) in [6, 6.07) is 8.84. The van der Waals surface area contributed by atoms with Crippen molar-refractivity contribution >= 4 is 12.1 Å². The van der Waals surface area contributed by atoms with E-state index in [1.807, 2.05) is 30.3 Å². The molecule has 1 aliphatic rings. The van der Waals surface area contributed by atoms with Gasteiger partial charge >= 0.3 is 12.1 Å². The van der Waals surface area contributed by atoms with Crippen molar-refractivity contribution in [3.63, 3.8) is 0 Å². The molecule has 0 bridgehead atoms. The van der Waals surface area contributed by atoms with Gasteiger partial charge in [0.25, 0.3) is 0 Å². The van der Waals surface area contributed by atoms with Crippen LogP contribution in [0.5, 0.6) is 0 Å². The number of ether oxygens (including phenoxy) is 2. The van der Waals surface area contributed by atoms with Crippen LogP contribution in [0.15, 0.2) is 30.3 Å². The molecular formula is C14H17NO5. The summed E-state index contributed by atoms with van der Waals surface area (Å²) in [5.74, 6) is -1.70. The summed E-state index contributed by atoms with van der Waals surface area (Å²) in [6.07, 6.45) is -0.135. The van der Waals surface area contributed by atoms with Gasteiger partial charge in [0.1, 0.15) is 12.5 Å². The first kappa shape index (κ1) is 14.3. The fourth-order valence-corrected chi connectivity index (χ4v) is 2.07. The van der Waals surface area contributed by atoms with Crippen LogP contribution in [0.1, 0.15) is 12.0 Å². The Morgan fingerprint density at radius 2 is 2.10 bits per heavy atom. The predicted octanol–water partition coefficient (Wildman–Crippen LogP) is 1.40. The fraction of sp³-hybridized carbons (Fsp3) is 0.429. The molecule has 1 aromatic rings. The van der Waals surface area contributed by atoms with Gasteiger partial charge in [-0.25, -0.2) is 4.79 Å². The Labute approximate surface area is 116 Å². The van der Waals surface area contributed by atoms with Crippen LogP contribution >= 0.6 is 0 Å². The maximum atomic E-state index is 11.7. The molecule has 0 radical (unpaired) electrons. The van der Waals surface area contributed by atoms with Gasteiger partial charge < -0.3 is 19.9 Å². The lowest BCUT2D eigenvalue weighted by Crippen LogP contribution is -2.48. The molecule has 108 valence electrons. The molecule has 0 spiro atoms. The normalized spacial score (nSPS) is 22.0. The highest BCUT2D eigenvalue weighted by atomic mass is 16.5. The second-order valence-electron chi connectivity index (χ2n) is 4.62. The van der Waals surface area contributed by atoms with Crippen LogP contribution in [-0.4, -0.2) is 36.4 Å². The van der Waals surface area contributed by atoms with Gasteiger partial charge in [-0.15, -0.1) is 0 Å². The zero-order valence-corrected chi connectivity index (χ0v) is 11.0. The topological polar surface area (TPSA) is 84.9 Å². The second-order valence-corrected chi connectivity index (χ2v) is 4.62. The van der Waals surface area contributed by atoms with E-state index in [1.165, 1.54) is 0 Å². The van der Waals surface area contributed by atoms with E-state index in [0.29, 0.717) is 13.0 Å². The number of aliphatic carboxylic acids is 1. The van der Waals surface area contributed by atoms with Gasteiger partial charge in [0.2, 0.25) is 0 Å². The molecule has 6 heteroatoms. The van der Waals surface area contributed by atoms with E-state index in [2.05, 4.69) is 5.32 Å². The lowest BCUT2D eigenvalue weighted by atomic mass is 9.96. The van der Waals surface area contributed by atoms with Crippen molar-refractivity contribution in [2.75, 3.05) is 13.2 Å². The van der Waals surface area contributed by atoms with Crippen molar-refractivity contribution in [3.8, 4) is 0 Å². The molecule has 1 aliphatic heterocycles. The number of carboxylic acids is 1. The Morgan fingerprint density at radius 1 is 1.35 bits per heavy atom. The molecule has 2 atom stereocenters. The SMILES string of the molecule is O=C(N[C@H]1CCOC[C@H]1C(=O)O)OCc1ccccc1. The van der Waals surface area contributed by atoms with E-state index in [0.717, 1.165) is 5.56 Å². The van der Waals surface area contributed by atoms with E-state index >= 15 is 0 Å². The number of hydrogen-bond donors (Lipinski definition) is 2. The van der Waals surface area contributed by atoms with Gasteiger partial charge in [-0.1, -0.05) is 30.3 Å². The molecule has 0 aliphatic carbocycles. The maximum absolute atomic E-state index is 11.7. The summed E-state index contributed by atoms with van der Waals surface area (Å²) in [5, 5.41) is 11.7. The molecule has 20 heavy (non-hydrogen) atoms. The fourth-order valence-electron chi connectivity index (χ4n) is 2.07. The summed E-state index contributed by atoms with van der Waals surface area (Å²) in [5.41, 5.74) is 0.879. The monoisotopic (exact) mass is 279 g/mol. The largest absolute Gasteiger partial charge is 0.481 e. The molecule has 1 heterocycles. The highest BCUT2D eigenvalue weighted by Gasteiger charge is 2.32. The van der Waals surface area contributed by atoms with Crippen LogP contribution in [0.3, 0.4) is 0 Å². The number of benzene rings is 1. The predicted molar refractivity (Wildman–Crippen MR) is 70.1 cm³/mol. The van der Waals surface area contributed by atoms with Gasteiger partial charge in [0.05, 0.1) is 6.61 Å². The molecule has 0 saturated carbocycles. The van der Waals surface area contributed by atoms with E-state index in [4.69, 9.17) is 14.6 Å². The number of amides is 1. The Hall–Kier alpha value is -2.08. The first-order valence-corrected chi connectivity index (χ1v) is 6.44. The highest BCUT2D eigenvalue weighted by molar-refractivity contribution is 5.73. The smallest absolute Gasteiger partial charge is 0.407 e. The number of carbonyl (C=O) groups excluding carboxylic acids is 1. The number of carboxylic acid groups (broad SMARTS) is 1. The van der Waals surface area contributed by atoms with Crippen molar-refractivity contribution in [3.05, 3.63) is 35.9 Å². The Morgan fingerprint density at radius 3 is 2.80 bits per heavy atom. The molecule has 0 aromatic heterocycles. The molecule has 1 aromatic carbocycles. The summed E-state index contributed by atoms with van der Waals surface area (Å²) in [6.45, 7) is 0.708. The Balaban J connectivity index is 1.82. The van der Waals surface area contributed by atoms with E-state index in [-0.39, 0.29) is 13.2 Å². The first-order chi connectivity index (χ1) is 9.66. The minimum Gasteiger partial charge on any atom is -0.481 e. The number of alkyl carbamates (subject to hydrolysis) is 1. The lowest BCUT2D eigenvalue weighted by Gasteiger charge is -2.28. The molecule has 1 amide bonds. The van der Waals surface area contributed by atoms with Crippen molar-refractivity contribution in [2.24, 2.45) is 5.92 Å². The third-order valence-electron chi connectivity index (χ3n) is 3.19. The van der Waals surface area contributed by atoms with Crippen molar-refractivity contribution in [1.29, 1.82) is 0 Å². The van der Waals surface area contributed by atoms with E-state index in [9.17, 15) is 9.59 Å². The number of rotatable bonds is 4. The summed E-state index contributed by atoms with van der Waals surface area (Å²) < 4.78 is 10.2. The average molecular weight is 279 g/mol. The summed E-state index contributed by atoms with van der Waals surface area (Å²) in [4.78, 5) is 22.7. The van der Waals surface area contributed by atoms with Crippen LogP contribution in [-0.2, 0) is 20.9 Å². The molecular weight excluding hydrogens is 262 g/mol. The summed E-state index contributed by atoms with van der Waals surface area (Å²) in [7, 11) is 0. The number of hydrogen-bond acceptors (Lipinski definition) is 4. The molecule has 6 nitrogen and oxygen atoms in total. The first-order valence-electron chi connectivity index (χ1n) is 6.44. The summed E-state index contributed by atoms with van der Waals surface area (Å²) >= 11 is 0. The molecule has 0 unspecified atom stereocenters. The van der Waals surface area contributed by atoms with Gasteiger partial charge in [-0.2, -0.15) is 0 Å². The van der Waals surface area contributed by atoms with Crippen LogP contribution in [0.2, 0.25) is 0 Å². The molecule has 2 rings (SSSR count). The van der Waals surface area contributed by atoms with Gasteiger partial charge in [-0.05, 0) is 12.0 Å². The zero-order valence-electron chi connectivity index (χ0n) is 11.0. The van der Waals surface area contributed by atoms with E-state index < -0.39 is 24.0 Å². The number of carbonyl (C=O) groups is 2. The van der Waals surface area contributed by atoms with Crippen molar-refractivity contribution in [2.45, 2.75) is 19.1 Å².